The predicted molar refractivity (Wildman–Crippen MR) is 90.9 cm³/mol. The van der Waals surface area contributed by atoms with Crippen LogP contribution in [0.1, 0.15) is 30.4 Å². The van der Waals surface area contributed by atoms with Crippen molar-refractivity contribution in [2.24, 2.45) is 4.99 Å². The molecule has 1 heterocycles. The van der Waals surface area contributed by atoms with E-state index < -0.39 is 0 Å². The fourth-order valence-electron chi connectivity index (χ4n) is 2.69. The van der Waals surface area contributed by atoms with E-state index in [1.807, 2.05) is 18.3 Å². The van der Waals surface area contributed by atoms with Gasteiger partial charge in [-0.1, -0.05) is 12.1 Å². The second-order valence-corrected chi connectivity index (χ2v) is 5.56. The Balaban J connectivity index is 1.67. The van der Waals surface area contributed by atoms with Crippen LogP contribution in [-0.4, -0.2) is 19.3 Å². The minimum absolute atomic E-state index is 0.657. The molecule has 1 fully saturated rings. The number of rotatable bonds is 3. The Morgan fingerprint density at radius 2 is 1.59 bits per heavy atom. The van der Waals surface area contributed by atoms with Gasteiger partial charge in [0.15, 0.2) is 0 Å². The van der Waals surface area contributed by atoms with Gasteiger partial charge in [-0.3, -0.25) is 4.99 Å². The molecule has 1 saturated heterocycles. The summed E-state index contributed by atoms with van der Waals surface area (Å²) in [5.41, 5.74) is 3.91. The standard InChI is InChI=1S/C19H19N3/c20-14-16-4-8-18(9-5-16)21-15-17-6-10-19(11-7-17)22-12-2-1-3-13-22/h4-11,15H,1-3,12-13H2. The molecule has 0 saturated carbocycles. The molecule has 2 aromatic carbocycles. The van der Waals surface area contributed by atoms with Crippen LogP contribution in [0.15, 0.2) is 53.5 Å². The Labute approximate surface area is 131 Å². The van der Waals surface area contributed by atoms with E-state index >= 15 is 0 Å². The Kier molecular flexibility index (Phi) is 4.50. The van der Waals surface area contributed by atoms with Gasteiger partial charge in [-0.05, 0) is 61.2 Å². The molecule has 0 bridgehead atoms. The first-order valence-electron chi connectivity index (χ1n) is 7.74. The third-order valence-corrected chi connectivity index (χ3v) is 3.97. The van der Waals surface area contributed by atoms with Crippen LogP contribution in [0.4, 0.5) is 11.4 Å². The number of hydrogen-bond donors (Lipinski definition) is 0. The molecule has 2 aromatic rings. The van der Waals surface area contributed by atoms with E-state index in [-0.39, 0.29) is 0 Å². The van der Waals surface area contributed by atoms with Crippen LogP contribution < -0.4 is 4.90 Å². The first-order chi connectivity index (χ1) is 10.8. The number of nitrogens with zero attached hydrogens (tertiary/aromatic N) is 3. The van der Waals surface area contributed by atoms with Gasteiger partial charge in [0.05, 0.1) is 17.3 Å². The van der Waals surface area contributed by atoms with E-state index in [1.54, 1.807) is 12.1 Å². The van der Waals surface area contributed by atoms with Crippen LogP contribution in [0, 0.1) is 11.3 Å². The zero-order valence-corrected chi connectivity index (χ0v) is 12.6. The van der Waals surface area contributed by atoms with Gasteiger partial charge in [0, 0.05) is 25.0 Å². The van der Waals surface area contributed by atoms with E-state index in [0.29, 0.717) is 5.56 Å². The Bertz CT molecular complexity index is 672. The third-order valence-electron chi connectivity index (χ3n) is 3.97. The summed E-state index contributed by atoms with van der Waals surface area (Å²) in [5.74, 6) is 0. The monoisotopic (exact) mass is 289 g/mol. The quantitative estimate of drug-likeness (QED) is 0.790. The zero-order chi connectivity index (χ0) is 15.2. The van der Waals surface area contributed by atoms with Crippen molar-refractivity contribution in [2.75, 3.05) is 18.0 Å². The lowest BCUT2D eigenvalue weighted by atomic mass is 10.1. The summed E-state index contributed by atoms with van der Waals surface area (Å²) >= 11 is 0. The van der Waals surface area contributed by atoms with E-state index in [2.05, 4.69) is 40.2 Å². The molecule has 0 aromatic heterocycles. The largest absolute Gasteiger partial charge is 0.372 e. The van der Waals surface area contributed by atoms with Crippen molar-refractivity contribution in [1.82, 2.24) is 0 Å². The molecule has 0 radical (unpaired) electrons. The predicted octanol–water partition coefficient (Wildman–Crippen LogP) is 4.30. The van der Waals surface area contributed by atoms with Gasteiger partial charge in [-0.15, -0.1) is 0 Å². The summed E-state index contributed by atoms with van der Waals surface area (Å²) in [6.07, 6.45) is 5.80. The molecule has 0 atom stereocenters. The summed E-state index contributed by atoms with van der Waals surface area (Å²) in [5, 5.41) is 8.78. The number of benzene rings is 2. The summed E-state index contributed by atoms with van der Waals surface area (Å²) in [7, 11) is 0. The summed E-state index contributed by atoms with van der Waals surface area (Å²) < 4.78 is 0. The highest BCUT2D eigenvalue weighted by Gasteiger charge is 2.10. The van der Waals surface area contributed by atoms with Crippen LogP contribution in [0.3, 0.4) is 0 Å². The van der Waals surface area contributed by atoms with Crippen molar-refractivity contribution >= 4 is 17.6 Å². The summed E-state index contributed by atoms with van der Waals surface area (Å²) in [6.45, 7) is 2.33. The molecule has 3 rings (SSSR count). The van der Waals surface area contributed by atoms with E-state index in [1.165, 1.54) is 38.0 Å². The smallest absolute Gasteiger partial charge is 0.0991 e. The van der Waals surface area contributed by atoms with Crippen LogP contribution in [0.25, 0.3) is 0 Å². The Hall–Kier alpha value is -2.60. The molecule has 0 spiro atoms. The van der Waals surface area contributed by atoms with Gasteiger partial charge >= 0.3 is 0 Å². The van der Waals surface area contributed by atoms with Gasteiger partial charge in [-0.25, -0.2) is 0 Å². The number of nitriles is 1. The molecular formula is C19H19N3. The van der Waals surface area contributed by atoms with Crippen molar-refractivity contribution in [3.8, 4) is 6.07 Å². The van der Waals surface area contributed by atoms with Crippen LogP contribution in [0.5, 0.6) is 0 Å². The van der Waals surface area contributed by atoms with Crippen molar-refractivity contribution in [3.63, 3.8) is 0 Å². The molecule has 0 amide bonds. The number of anilines is 1. The second-order valence-electron chi connectivity index (χ2n) is 5.56. The number of piperidine rings is 1. The maximum Gasteiger partial charge on any atom is 0.0991 e. The van der Waals surface area contributed by atoms with Crippen molar-refractivity contribution in [3.05, 3.63) is 59.7 Å². The molecule has 3 nitrogen and oxygen atoms in total. The topological polar surface area (TPSA) is 39.4 Å². The minimum atomic E-state index is 0.657. The second kappa shape index (κ2) is 6.91. The molecular weight excluding hydrogens is 270 g/mol. The summed E-state index contributed by atoms with van der Waals surface area (Å²) in [6, 6.07) is 18.0. The van der Waals surface area contributed by atoms with Crippen LogP contribution >= 0.6 is 0 Å². The lowest BCUT2D eigenvalue weighted by Crippen LogP contribution is -2.29. The van der Waals surface area contributed by atoms with Crippen LogP contribution in [0.2, 0.25) is 0 Å². The van der Waals surface area contributed by atoms with Gasteiger partial charge in [0.2, 0.25) is 0 Å². The van der Waals surface area contributed by atoms with Crippen molar-refractivity contribution in [1.29, 1.82) is 5.26 Å². The Morgan fingerprint density at radius 1 is 0.909 bits per heavy atom. The molecule has 3 heteroatoms. The molecule has 1 aliphatic rings. The molecule has 0 aliphatic carbocycles. The highest BCUT2D eigenvalue weighted by molar-refractivity contribution is 5.82. The normalized spacial score (nSPS) is 15.0. The lowest BCUT2D eigenvalue weighted by Gasteiger charge is -2.28. The van der Waals surface area contributed by atoms with E-state index in [9.17, 15) is 0 Å². The minimum Gasteiger partial charge on any atom is -0.372 e. The highest BCUT2D eigenvalue weighted by atomic mass is 15.1. The van der Waals surface area contributed by atoms with Crippen molar-refractivity contribution in [2.45, 2.75) is 19.3 Å². The van der Waals surface area contributed by atoms with Gasteiger partial charge < -0.3 is 4.90 Å². The fourth-order valence-corrected chi connectivity index (χ4v) is 2.69. The van der Waals surface area contributed by atoms with E-state index in [4.69, 9.17) is 5.26 Å². The Morgan fingerprint density at radius 3 is 2.23 bits per heavy atom. The number of aliphatic imine (C=N–C) groups is 1. The highest BCUT2D eigenvalue weighted by Crippen LogP contribution is 2.20. The molecule has 0 unspecified atom stereocenters. The van der Waals surface area contributed by atoms with Crippen LogP contribution in [-0.2, 0) is 0 Å². The maximum absolute atomic E-state index is 8.78. The molecule has 110 valence electrons. The van der Waals surface area contributed by atoms with Gasteiger partial charge in [0.1, 0.15) is 0 Å². The average molecular weight is 289 g/mol. The molecule has 0 N–H and O–H groups in total. The number of hydrogen-bond acceptors (Lipinski definition) is 3. The van der Waals surface area contributed by atoms with E-state index in [0.717, 1.165) is 11.3 Å². The maximum atomic E-state index is 8.78. The average Bonchev–Trinajstić information content (AvgIpc) is 2.61. The van der Waals surface area contributed by atoms with Gasteiger partial charge in [0.25, 0.3) is 0 Å². The SMILES string of the molecule is N#Cc1ccc(N=Cc2ccc(N3CCCCC3)cc2)cc1. The fraction of sp³-hybridized carbons (Fsp3) is 0.263. The molecule has 1 aliphatic heterocycles. The first kappa shape index (κ1) is 14.3. The van der Waals surface area contributed by atoms with Crippen molar-refractivity contribution < 1.29 is 0 Å². The lowest BCUT2D eigenvalue weighted by molar-refractivity contribution is 0.578. The zero-order valence-electron chi connectivity index (χ0n) is 12.6. The van der Waals surface area contributed by atoms with Gasteiger partial charge in [-0.2, -0.15) is 5.26 Å². The third kappa shape index (κ3) is 3.53. The first-order valence-corrected chi connectivity index (χ1v) is 7.74. The summed E-state index contributed by atoms with van der Waals surface area (Å²) in [4.78, 5) is 6.90. The molecule has 22 heavy (non-hydrogen) atoms.